The van der Waals surface area contributed by atoms with Crippen molar-refractivity contribution in [1.82, 2.24) is 9.97 Å². The molecule has 1 unspecified atom stereocenters. The molecule has 20 heavy (non-hydrogen) atoms. The molecule has 1 aliphatic rings. The minimum absolute atomic E-state index is 0.0281. The minimum Gasteiger partial charge on any atom is -0.357 e. The fourth-order valence-corrected chi connectivity index (χ4v) is 4.96. The Balaban J connectivity index is 2.42. The maximum absolute atomic E-state index is 14.0. The second kappa shape index (κ2) is 6.13. The van der Waals surface area contributed by atoms with Gasteiger partial charge in [0.25, 0.3) is 0 Å². The standard InChI is InChI=1S/C11H17FN4O2S2/c1-3-20(17,18)9-7-19-5-4-16(9)10-8(12)6-14-11(13-2)15-10/h6,9H,3-5,7H2,1-2H3,(H,13,14,15). The van der Waals surface area contributed by atoms with E-state index in [9.17, 15) is 12.8 Å². The summed E-state index contributed by atoms with van der Waals surface area (Å²) in [5.41, 5.74) is 0. The van der Waals surface area contributed by atoms with Crippen LogP contribution in [0.25, 0.3) is 0 Å². The van der Waals surface area contributed by atoms with Crippen molar-refractivity contribution in [3.63, 3.8) is 0 Å². The van der Waals surface area contributed by atoms with E-state index in [2.05, 4.69) is 15.3 Å². The van der Waals surface area contributed by atoms with E-state index in [4.69, 9.17) is 0 Å². The van der Waals surface area contributed by atoms with Crippen LogP contribution in [0.4, 0.5) is 16.2 Å². The molecule has 1 fully saturated rings. The van der Waals surface area contributed by atoms with Crippen LogP contribution in [0, 0.1) is 5.82 Å². The van der Waals surface area contributed by atoms with E-state index in [1.165, 1.54) is 4.90 Å². The van der Waals surface area contributed by atoms with E-state index < -0.39 is 21.0 Å². The molecule has 1 aromatic rings. The van der Waals surface area contributed by atoms with Gasteiger partial charge in [-0.3, -0.25) is 0 Å². The van der Waals surface area contributed by atoms with E-state index in [-0.39, 0.29) is 17.5 Å². The van der Waals surface area contributed by atoms with Crippen molar-refractivity contribution in [3.8, 4) is 0 Å². The number of hydrogen-bond acceptors (Lipinski definition) is 7. The molecule has 0 saturated carbocycles. The molecule has 1 N–H and O–H groups in total. The third-order valence-corrected chi connectivity index (χ3v) is 6.41. The van der Waals surface area contributed by atoms with Crippen LogP contribution in [-0.4, -0.2) is 54.6 Å². The smallest absolute Gasteiger partial charge is 0.224 e. The van der Waals surface area contributed by atoms with Gasteiger partial charge in [-0.15, -0.1) is 0 Å². The van der Waals surface area contributed by atoms with E-state index in [0.717, 1.165) is 11.9 Å². The number of thioether (sulfide) groups is 1. The first-order valence-electron chi connectivity index (χ1n) is 6.26. The molecule has 1 aromatic heterocycles. The van der Waals surface area contributed by atoms with Crippen molar-refractivity contribution in [2.75, 3.05) is 41.1 Å². The van der Waals surface area contributed by atoms with Crippen LogP contribution < -0.4 is 10.2 Å². The van der Waals surface area contributed by atoms with Crippen molar-refractivity contribution >= 4 is 33.4 Å². The Labute approximate surface area is 122 Å². The van der Waals surface area contributed by atoms with Gasteiger partial charge in [0.1, 0.15) is 5.37 Å². The Morgan fingerprint density at radius 3 is 3.00 bits per heavy atom. The van der Waals surface area contributed by atoms with Crippen LogP contribution in [0.5, 0.6) is 0 Å². The Morgan fingerprint density at radius 1 is 1.60 bits per heavy atom. The Kier molecular flexibility index (Phi) is 4.69. The molecule has 1 atom stereocenters. The molecule has 0 aromatic carbocycles. The second-order valence-corrected chi connectivity index (χ2v) is 7.89. The quantitative estimate of drug-likeness (QED) is 0.886. The topological polar surface area (TPSA) is 75.2 Å². The summed E-state index contributed by atoms with van der Waals surface area (Å²) in [5.74, 6) is 0.911. The number of nitrogens with one attached hydrogen (secondary N) is 1. The van der Waals surface area contributed by atoms with E-state index in [1.54, 1.807) is 25.7 Å². The normalized spacial score (nSPS) is 19.9. The highest BCUT2D eigenvalue weighted by Gasteiger charge is 2.35. The van der Waals surface area contributed by atoms with Gasteiger partial charge >= 0.3 is 0 Å². The van der Waals surface area contributed by atoms with Gasteiger partial charge in [0.15, 0.2) is 21.5 Å². The lowest BCUT2D eigenvalue weighted by atomic mass is 10.4. The van der Waals surface area contributed by atoms with E-state index in [1.807, 2.05) is 0 Å². The van der Waals surface area contributed by atoms with Gasteiger partial charge in [0.2, 0.25) is 5.95 Å². The number of hydrogen-bond donors (Lipinski definition) is 1. The zero-order valence-corrected chi connectivity index (χ0v) is 13.0. The van der Waals surface area contributed by atoms with Gasteiger partial charge in [0, 0.05) is 30.9 Å². The highest BCUT2D eigenvalue weighted by atomic mass is 32.2. The van der Waals surface area contributed by atoms with E-state index >= 15 is 0 Å². The van der Waals surface area contributed by atoms with Crippen molar-refractivity contribution in [3.05, 3.63) is 12.0 Å². The lowest BCUT2D eigenvalue weighted by Crippen LogP contribution is -2.48. The van der Waals surface area contributed by atoms with Crippen LogP contribution >= 0.6 is 11.8 Å². The molecular formula is C11H17FN4O2S2. The summed E-state index contributed by atoms with van der Waals surface area (Å²) in [7, 11) is -1.67. The van der Waals surface area contributed by atoms with Gasteiger partial charge in [-0.1, -0.05) is 6.92 Å². The van der Waals surface area contributed by atoms with E-state index in [0.29, 0.717) is 12.3 Å². The summed E-state index contributed by atoms with van der Waals surface area (Å²) in [6, 6.07) is 0. The molecule has 1 aliphatic heterocycles. The zero-order valence-electron chi connectivity index (χ0n) is 11.3. The van der Waals surface area contributed by atoms with Crippen molar-refractivity contribution < 1.29 is 12.8 Å². The Morgan fingerprint density at radius 2 is 2.35 bits per heavy atom. The molecule has 0 spiro atoms. The first-order valence-corrected chi connectivity index (χ1v) is 9.13. The van der Waals surface area contributed by atoms with Gasteiger partial charge < -0.3 is 10.2 Å². The SMILES string of the molecule is CCS(=O)(=O)C1CSCCN1c1nc(NC)ncc1F. The number of sulfone groups is 1. The van der Waals surface area contributed by atoms with Crippen molar-refractivity contribution in [2.24, 2.45) is 0 Å². The molecule has 1 saturated heterocycles. The third-order valence-electron chi connectivity index (χ3n) is 3.12. The average molecular weight is 320 g/mol. The van der Waals surface area contributed by atoms with Crippen LogP contribution in [0.1, 0.15) is 6.92 Å². The highest BCUT2D eigenvalue weighted by Crippen LogP contribution is 2.28. The first kappa shape index (κ1) is 15.3. The number of nitrogens with zero attached hydrogens (tertiary/aromatic N) is 3. The minimum atomic E-state index is -3.30. The Hall–Kier alpha value is -1.09. The van der Waals surface area contributed by atoms with Crippen LogP contribution in [0.15, 0.2) is 6.20 Å². The van der Waals surface area contributed by atoms with Crippen molar-refractivity contribution in [1.29, 1.82) is 0 Å². The summed E-state index contributed by atoms with van der Waals surface area (Å²) >= 11 is 1.56. The molecule has 6 nitrogen and oxygen atoms in total. The molecule has 9 heteroatoms. The summed E-state index contributed by atoms with van der Waals surface area (Å²) in [6.07, 6.45) is 1.06. The number of halogens is 1. The third kappa shape index (κ3) is 2.98. The largest absolute Gasteiger partial charge is 0.357 e. The molecule has 112 valence electrons. The number of rotatable bonds is 4. The molecule has 2 rings (SSSR count). The van der Waals surface area contributed by atoms with Crippen molar-refractivity contribution in [2.45, 2.75) is 12.3 Å². The Bertz CT molecular complexity index is 582. The lowest BCUT2D eigenvalue weighted by Gasteiger charge is -2.35. The summed E-state index contributed by atoms with van der Waals surface area (Å²) < 4.78 is 38.3. The lowest BCUT2D eigenvalue weighted by molar-refractivity contribution is 0.570. The van der Waals surface area contributed by atoms with Gasteiger partial charge in [0.05, 0.1) is 6.20 Å². The maximum atomic E-state index is 14.0. The van der Waals surface area contributed by atoms with Crippen LogP contribution in [0.3, 0.4) is 0 Å². The fourth-order valence-electron chi connectivity index (χ4n) is 1.99. The first-order chi connectivity index (χ1) is 9.49. The summed E-state index contributed by atoms with van der Waals surface area (Å²) in [4.78, 5) is 9.38. The average Bonchev–Trinajstić information content (AvgIpc) is 2.48. The van der Waals surface area contributed by atoms with Gasteiger partial charge in [-0.2, -0.15) is 16.7 Å². The predicted octanol–water partition coefficient (Wildman–Crippen LogP) is 0.971. The van der Waals surface area contributed by atoms with Gasteiger partial charge in [-0.05, 0) is 0 Å². The van der Waals surface area contributed by atoms with Crippen LogP contribution in [-0.2, 0) is 9.84 Å². The maximum Gasteiger partial charge on any atom is 0.224 e. The second-order valence-electron chi connectivity index (χ2n) is 4.29. The highest BCUT2D eigenvalue weighted by molar-refractivity contribution is 8.01. The van der Waals surface area contributed by atoms with Gasteiger partial charge in [-0.25, -0.2) is 17.8 Å². The molecule has 0 bridgehead atoms. The number of aromatic nitrogens is 2. The predicted molar refractivity (Wildman–Crippen MR) is 79.5 cm³/mol. The monoisotopic (exact) mass is 320 g/mol. The summed E-state index contributed by atoms with van der Waals surface area (Å²) in [5, 5.41) is 2.00. The fraction of sp³-hybridized carbons (Fsp3) is 0.636. The molecule has 2 heterocycles. The molecule has 0 radical (unpaired) electrons. The molecular weight excluding hydrogens is 303 g/mol. The summed E-state index contributed by atoms with van der Waals surface area (Å²) in [6.45, 7) is 2.05. The molecule has 0 aliphatic carbocycles. The van der Waals surface area contributed by atoms with Crippen LogP contribution in [0.2, 0.25) is 0 Å². The zero-order chi connectivity index (χ0) is 14.8. The molecule has 0 amide bonds. The number of anilines is 2.